The molecule has 6 saturated carbocycles. The van der Waals surface area contributed by atoms with Crippen LogP contribution < -0.4 is 10.6 Å². The summed E-state index contributed by atoms with van der Waals surface area (Å²) < 4.78 is 0. The van der Waals surface area contributed by atoms with E-state index in [1.807, 2.05) is 0 Å². The highest BCUT2D eigenvalue weighted by molar-refractivity contribution is 5.89. The smallest absolute Gasteiger partial charge is 0.243 e. The van der Waals surface area contributed by atoms with Gasteiger partial charge >= 0.3 is 0 Å². The quantitative estimate of drug-likeness (QED) is 0.306. The zero-order valence-electron chi connectivity index (χ0n) is 27.6. The van der Waals surface area contributed by atoms with Gasteiger partial charge in [0, 0.05) is 23.9 Å². The minimum Gasteiger partial charge on any atom is -0.353 e. The summed E-state index contributed by atoms with van der Waals surface area (Å²) in [5.74, 6) is 7.57. The van der Waals surface area contributed by atoms with E-state index in [4.69, 9.17) is 0 Å². The van der Waals surface area contributed by atoms with Gasteiger partial charge < -0.3 is 10.6 Å². The van der Waals surface area contributed by atoms with Crippen LogP contribution in [-0.2, 0) is 9.59 Å². The van der Waals surface area contributed by atoms with E-state index in [0.717, 1.165) is 60.2 Å². The lowest BCUT2D eigenvalue weighted by atomic mass is 9.47. The minimum absolute atomic E-state index is 0.117. The number of hydrogen-bond donors (Lipinski definition) is 2. The molecule has 2 amide bonds. The molecule has 4 nitrogen and oxygen atoms in total. The third-order valence-corrected chi connectivity index (χ3v) is 16.7. The summed E-state index contributed by atoms with van der Waals surface area (Å²) in [5, 5.41) is 6.57. The van der Waals surface area contributed by atoms with Crippen molar-refractivity contribution in [3.05, 3.63) is 12.2 Å². The van der Waals surface area contributed by atoms with Crippen LogP contribution in [0.5, 0.6) is 0 Å². The van der Waals surface area contributed by atoms with Crippen LogP contribution >= 0.6 is 0 Å². The molecule has 0 aromatic heterocycles. The van der Waals surface area contributed by atoms with E-state index in [1.165, 1.54) is 77.0 Å². The second kappa shape index (κ2) is 10.1. The summed E-state index contributed by atoms with van der Waals surface area (Å²) in [5.41, 5.74) is 1.78. The van der Waals surface area contributed by atoms with Crippen LogP contribution in [0.4, 0.5) is 0 Å². The lowest BCUT2D eigenvalue weighted by Crippen LogP contribution is -2.60. The molecule has 42 heavy (non-hydrogen) atoms. The van der Waals surface area contributed by atoms with Gasteiger partial charge in [-0.2, -0.15) is 0 Å². The predicted octanol–water partition coefficient (Wildman–Crippen LogP) is 8.06. The van der Waals surface area contributed by atoms with Crippen LogP contribution in [-0.4, -0.2) is 23.9 Å². The molecule has 0 radical (unpaired) electrons. The Hall–Kier alpha value is -1.32. The Morgan fingerprint density at radius 2 is 1.14 bits per heavy atom. The number of nitrogens with one attached hydrogen (secondary N) is 2. The summed E-state index contributed by atoms with van der Waals surface area (Å²) in [6.07, 6.45) is 22.4. The van der Waals surface area contributed by atoms with Gasteiger partial charge in [-0.1, -0.05) is 47.6 Å². The SMILES string of the molecule is C[C@H]1CC[C@H]2C3CCC4NC(=O)C=CC4(C)[C@H]3CCC12C.C[C@H]1CC[C@H]2C3CCC4NC(=O)CCC4(C)[C@H]3CCC12C. The van der Waals surface area contributed by atoms with Crippen molar-refractivity contribution in [1.82, 2.24) is 10.6 Å². The van der Waals surface area contributed by atoms with Crippen LogP contribution in [0.3, 0.4) is 0 Å². The highest BCUT2D eigenvalue weighted by Crippen LogP contribution is 2.66. The first-order chi connectivity index (χ1) is 19.9. The highest BCUT2D eigenvalue weighted by Gasteiger charge is 2.60. The molecule has 8 unspecified atom stereocenters. The zero-order valence-corrected chi connectivity index (χ0v) is 27.6. The normalized spacial score (nSPS) is 55.8. The first kappa shape index (κ1) is 29.4. The molecule has 8 rings (SSSR count). The molecule has 2 N–H and O–H groups in total. The standard InChI is InChI=1S/C19H31NO.C19H29NO/c2*1-12-4-6-14-13-5-7-16-19(3,11-9-17(21)20-16)15(13)8-10-18(12,14)2/h12-16H,4-11H2,1-3H3,(H,20,21);9,11-16H,4-8,10H2,1-3H3,(H,20,21)/t2*12-,13?,14-,15-,16?,18?,19?/m00/s1. The molecule has 6 aliphatic carbocycles. The summed E-state index contributed by atoms with van der Waals surface area (Å²) in [4.78, 5) is 23.5. The van der Waals surface area contributed by atoms with Gasteiger partial charge in [-0.3, -0.25) is 9.59 Å². The maximum absolute atomic E-state index is 11.8. The maximum atomic E-state index is 11.8. The van der Waals surface area contributed by atoms with Crippen LogP contribution in [0.15, 0.2) is 12.2 Å². The Labute approximate surface area is 256 Å². The van der Waals surface area contributed by atoms with Crippen molar-refractivity contribution in [2.45, 2.75) is 144 Å². The molecule has 0 spiro atoms. The molecule has 1 saturated heterocycles. The Bertz CT molecular complexity index is 1130. The summed E-state index contributed by atoms with van der Waals surface area (Å²) >= 11 is 0. The molecule has 0 aromatic carbocycles. The highest BCUT2D eigenvalue weighted by atomic mass is 16.2. The number of rotatable bonds is 0. The number of hydrogen-bond acceptors (Lipinski definition) is 2. The van der Waals surface area contributed by atoms with Gasteiger partial charge in [0.05, 0.1) is 0 Å². The first-order valence-electron chi connectivity index (χ1n) is 18.2. The van der Waals surface area contributed by atoms with Crippen molar-refractivity contribution in [3.8, 4) is 0 Å². The van der Waals surface area contributed by atoms with E-state index < -0.39 is 0 Å². The van der Waals surface area contributed by atoms with Crippen LogP contribution in [0.2, 0.25) is 0 Å². The van der Waals surface area contributed by atoms with Gasteiger partial charge in [0.1, 0.15) is 0 Å². The summed E-state index contributed by atoms with van der Waals surface area (Å²) in [7, 11) is 0. The van der Waals surface area contributed by atoms with Crippen molar-refractivity contribution < 1.29 is 9.59 Å². The number of carbonyl (C=O) groups is 2. The Balaban J connectivity index is 0.000000137. The molecular weight excluding hydrogens is 516 g/mol. The van der Waals surface area contributed by atoms with E-state index >= 15 is 0 Å². The number of piperidine rings is 1. The van der Waals surface area contributed by atoms with Gasteiger partial charge in [0.25, 0.3) is 0 Å². The third-order valence-electron chi connectivity index (χ3n) is 16.7. The molecular formula is C38H60N2O2. The fourth-order valence-electron chi connectivity index (χ4n) is 13.6. The lowest BCUT2D eigenvalue weighted by molar-refractivity contribution is -0.136. The molecule has 2 aliphatic heterocycles. The largest absolute Gasteiger partial charge is 0.353 e. The average Bonchev–Trinajstić information content (AvgIpc) is 3.44. The molecule has 7 fully saturated rings. The lowest BCUT2D eigenvalue weighted by Gasteiger charge is -2.60. The van der Waals surface area contributed by atoms with Crippen molar-refractivity contribution in [3.63, 3.8) is 0 Å². The zero-order chi connectivity index (χ0) is 29.7. The number of fused-ring (bicyclic) bond motifs is 10. The van der Waals surface area contributed by atoms with E-state index in [2.05, 4.69) is 58.3 Å². The molecule has 8 aliphatic rings. The van der Waals surface area contributed by atoms with E-state index in [9.17, 15) is 9.59 Å². The second-order valence-corrected chi connectivity index (χ2v) is 17.8. The molecule has 0 aromatic rings. The Kier molecular flexibility index (Phi) is 7.07. The average molecular weight is 577 g/mol. The maximum Gasteiger partial charge on any atom is 0.243 e. The number of amides is 2. The predicted molar refractivity (Wildman–Crippen MR) is 169 cm³/mol. The second-order valence-electron chi connectivity index (χ2n) is 17.8. The first-order valence-corrected chi connectivity index (χ1v) is 18.2. The van der Waals surface area contributed by atoms with Gasteiger partial charge in [-0.15, -0.1) is 0 Å². The topological polar surface area (TPSA) is 58.2 Å². The van der Waals surface area contributed by atoms with Crippen molar-refractivity contribution >= 4 is 11.8 Å². The van der Waals surface area contributed by atoms with Crippen LogP contribution in [0.25, 0.3) is 0 Å². The van der Waals surface area contributed by atoms with E-state index in [-0.39, 0.29) is 11.3 Å². The van der Waals surface area contributed by atoms with Gasteiger partial charge in [0.2, 0.25) is 11.8 Å². The fraction of sp³-hybridized carbons (Fsp3) is 0.895. The van der Waals surface area contributed by atoms with Crippen molar-refractivity contribution in [2.75, 3.05) is 0 Å². The van der Waals surface area contributed by atoms with Crippen molar-refractivity contribution in [1.29, 1.82) is 0 Å². The summed E-state index contributed by atoms with van der Waals surface area (Å²) in [6.45, 7) is 15.0. The monoisotopic (exact) mass is 576 g/mol. The van der Waals surface area contributed by atoms with Gasteiger partial charge in [-0.25, -0.2) is 0 Å². The van der Waals surface area contributed by atoms with Crippen LogP contribution in [0.1, 0.15) is 131 Å². The molecule has 4 heteroatoms. The van der Waals surface area contributed by atoms with Gasteiger partial charge in [-0.05, 0) is 153 Å². The molecule has 14 atom stereocenters. The molecule has 0 bridgehead atoms. The van der Waals surface area contributed by atoms with Crippen molar-refractivity contribution in [2.24, 2.45) is 69.0 Å². The van der Waals surface area contributed by atoms with E-state index in [1.54, 1.807) is 6.08 Å². The summed E-state index contributed by atoms with van der Waals surface area (Å²) in [6, 6.07) is 0.836. The Morgan fingerprint density at radius 1 is 0.595 bits per heavy atom. The van der Waals surface area contributed by atoms with Gasteiger partial charge in [0.15, 0.2) is 0 Å². The van der Waals surface area contributed by atoms with E-state index in [0.29, 0.717) is 34.2 Å². The molecule has 234 valence electrons. The van der Waals surface area contributed by atoms with Crippen LogP contribution in [0, 0.1) is 69.0 Å². The number of carbonyl (C=O) groups excluding carboxylic acids is 2. The Morgan fingerprint density at radius 3 is 1.79 bits per heavy atom. The fourth-order valence-corrected chi connectivity index (χ4v) is 13.6. The third kappa shape index (κ3) is 4.18. The minimum atomic E-state index is 0.117. The molecule has 2 heterocycles.